The first-order valence-electron chi connectivity index (χ1n) is 35.1. The maximum atomic E-state index is 2.62. The van der Waals surface area contributed by atoms with Gasteiger partial charge in [-0.25, -0.2) is 0 Å². The lowest BCUT2D eigenvalue weighted by Crippen LogP contribution is -2.61. The minimum Gasteiger partial charge on any atom is -0.311 e. The van der Waals surface area contributed by atoms with E-state index >= 15 is 0 Å². The van der Waals surface area contributed by atoms with Crippen LogP contribution in [0.2, 0.25) is 0 Å². The summed E-state index contributed by atoms with van der Waals surface area (Å²) in [5.41, 5.74) is 31.4. The van der Waals surface area contributed by atoms with E-state index in [4.69, 9.17) is 0 Å². The van der Waals surface area contributed by atoms with Gasteiger partial charge in [-0.05, 0) is 215 Å². The van der Waals surface area contributed by atoms with Crippen molar-refractivity contribution >= 4 is 112 Å². The molecule has 0 fully saturated rings. The van der Waals surface area contributed by atoms with Crippen LogP contribution in [0.3, 0.4) is 0 Å². The van der Waals surface area contributed by atoms with E-state index in [1.165, 1.54) is 158 Å². The van der Waals surface area contributed by atoms with E-state index in [1.54, 1.807) is 0 Å². The van der Waals surface area contributed by atoms with Gasteiger partial charge < -0.3 is 18.9 Å². The van der Waals surface area contributed by atoms with Crippen molar-refractivity contribution in [3.63, 3.8) is 0 Å². The van der Waals surface area contributed by atoms with Crippen LogP contribution in [-0.2, 0) is 21.7 Å². The zero-order chi connectivity index (χ0) is 65.4. The smallest absolute Gasteiger partial charge is 0.252 e. The second-order valence-electron chi connectivity index (χ2n) is 30.9. The number of hydrogen-bond donors (Lipinski definition) is 0. The molecule has 19 rings (SSSR count). The third-order valence-corrected chi connectivity index (χ3v) is 23.4. The quantitative estimate of drug-likeness (QED) is 0.148. The summed E-state index contributed by atoms with van der Waals surface area (Å²) in [6, 6.07) is 105. The average molecular weight is 1250 g/mol. The topological polar surface area (TPSA) is 16.3 Å². The molecule has 0 atom stereocenters. The van der Waals surface area contributed by atoms with Crippen LogP contribution in [0, 0.1) is 0 Å². The second-order valence-corrected chi connectivity index (χ2v) is 30.9. The average Bonchev–Trinajstić information content (AvgIpc) is 0.946. The molecule has 15 aromatic rings. The van der Waals surface area contributed by atoms with Crippen LogP contribution in [0.15, 0.2) is 273 Å². The van der Waals surface area contributed by atoms with Crippen molar-refractivity contribution in [2.75, 3.05) is 9.80 Å². The van der Waals surface area contributed by atoms with Crippen molar-refractivity contribution in [1.82, 2.24) is 9.13 Å². The maximum Gasteiger partial charge on any atom is 0.252 e. The number of fused-ring (bicyclic) bond motifs is 13. The first-order valence-corrected chi connectivity index (χ1v) is 35.1. The first-order chi connectivity index (χ1) is 47.1. The second kappa shape index (κ2) is 20.9. The lowest BCUT2D eigenvalue weighted by atomic mass is 9.33. The van der Waals surface area contributed by atoms with Crippen molar-refractivity contribution in [2.24, 2.45) is 0 Å². The monoisotopic (exact) mass is 1250 g/mol. The van der Waals surface area contributed by atoms with Gasteiger partial charge in [-0.15, -0.1) is 0 Å². The summed E-state index contributed by atoms with van der Waals surface area (Å²) in [5.74, 6) is 0. The number of aromatic nitrogens is 2. The van der Waals surface area contributed by atoms with Crippen LogP contribution in [0.25, 0.3) is 99.1 Å². The number of hydrogen-bond acceptors (Lipinski definition) is 2. The fraction of sp³-hybridized carbons (Fsp3) is 0.174. The first kappa shape index (κ1) is 57.8. The molecule has 5 heteroatoms. The van der Waals surface area contributed by atoms with E-state index in [-0.39, 0.29) is 28.4 Å². The summed E-state index contributed by atoms with van der Waals surface area (Å²) in [5, 5.41) is 7.43. The van der Waals surface area contributed by atoms with E-state index in [2.05, 4.69) is 347 Å². The van der Waals surface area contributed by atoms with Gasteiger partial charge in [0.15, 0.2) is 0 Å². The normalized spacial score (nSPS) is 16.1. The number of anilines is 6. The lowest BCUT2D eigenvalue weighted by Gasteiger charge is -2.45. The molecule has 0 saturated heterocycles. The summed E-state index contributed by atoms with van der Waals surface area (Å²) in [7, 11) is 0. The molecule has 0 bridgehead atoms. The molecular formula is C92H77BN4. The molecule has 2 aromatic heterocycles. The minimum atomic E-state index is -0.145. The summed E-state index contributed by atoms with van der Waals surface area (Å²) >= 11 is 0. The molecule has 4 aliphatic rings. The van der Waals surface area contributed by atoms with Crippen molar-refractivity contribution in [2.45, 2.75) is 103 Å². The van der Waals surface area contributed by atoms with Crippen LogP contribution >= 0.6 is 0 Å². The van der Waals surface area contributed by atoms with E-state index in [1.807, 2.05) is 0 Å². The van der Waals surface area contributed by atoms with Crippen LogP contribution in [0.5, 0.6) is 0 Å². The lowest BCUT2D eigenvalue weighted by molar-refractivity contribution is 0.332. The predicted molar refractivity (Wildman–Crippen MR) is 414 cm³/mol. The van der Waals surface area contributed by atoms with Crippen molar-refractivity contribution in [3.8, 4) is 44.8 Å². The molecule has 468 valence electrons. The van der Waals surface area contributed by atoms with Crippen LogP contribution in [0.4, 0.5) is 34.1 Å². The molecule has 0 radical (unpaired) electrons. The highest BCUT2D eigenvalue weighted by atomic mass is 15.2. The molecule has 4 heterocycles. The largest absolute Gasteiger partial charge is 0.311 e. The molecule has 0 N–H and O–H groups in total. The number of benzene rings is 13. The zero-order valence-electron chi connectivity index (χ0n) is 56.7. The Morgan fingerprint density at radius 2 is 0.619 bits per heavy atom. The fourth-order valence-corrected chi connectivity index (χ4v) is 18.0. The Kier molecular flexibility index (Phi) is 12.5. The molecule has 2 aliphatic carbocycles. The summed E-state index contributed by atoms with van der Waals surface area (Å²) in [4.78, 5) is 5.24. The SMILES string of the molecule is CC1(C)CCC(C)(C)c2cc(-c3ccc(N4c5cc(-n6c7ccccc7c7ccccc76)ccc5B5c6ccc(-n7c8ccccc8c8ccccc87)cc6N(c6ccc(-c7ccc8c(c7)C(C)(C)CCC8(C)C)cc6)c6cc(-c7cccc8ccccc78)cc4c65)cc3)ccc21. The Balaban J connectivity index is 0.882. The van der Waals surface area contributed by atoms with Gasteiger partial charge in [-0.3, -0.25) is 0 Å². The molecule has 13 aromatic carbocycles. The maximum absolute atomic E-state index is 2.62. The van der Waals surface area contributed by atoms with Gasteiger partial charge in [-0.1, -0.05) is 243 Å². The van der Waals surface area contributed by atoms with E-state index in [0.717, 1.165) is 39.7 Å². The predicted octanol–water partition coefficient (Wildman–Crippen LogP) is 22.8. The Bertz CT molecular complexity index is 5370. The van der Waals surface area contributed by atoms with Crippen molar-refractivity contribution < 1.29 is 0 Å². The highest BCUT2D eigenvalue weighted by Crippen LogP contribution is 2.52. The molecule has 97 heavy (non-hydrogen) atoms. The zero-order valence-corrected chi connectivity index (χ0v) is 56.7. The van der Waals surface area contributed by atoms with Crippen molar-refractivity contribution in [3.05, 3.63) is 295 Å². The van der Waals surface area contributed by atoms with E-state index in [9.17, 15) is 0 Å². The summed E-state index contributed by atoms with van der Waals surface area (Å²) < 4.78 is 4.98. The minimum absolute atomic E-state index is 0.0920. The Hall–Kier alpha value is -10.6. The Morgan fingerprint density at radius 3 is 1.04 bits per heavy atom. The van der Waals surface area contributed by atoms with Crippen molar-refractivity contribution in [1.29, 1.82) is 0 Å². The van der Waals surface area contributed by atoms with Gasteiger partial charge in [0.2, 0.25) is 0 Å². The van der Waals surface area contributed by atoms with Crippen LogP contribution in [-0.4, -0.2) is 15.8 Å². The molecule has 0 saturated carbocycles. The van der Waals surface area contributed by atoms with Crippen LogP contribution < -0.4 is 26.2 Å². The van der Waals surface area contributed by atoms with Gasteiger partial charge >= 0.3 is 0 Å². The molecule has 0 amide bonds. The number of nitrogens with zero attached hydrogens (tertiary/aromatic N) is 4. The molecule has 4 nitrogen and oxygen atoms in total. The third kappa shape index (κ3) is 8.76. The van der Waals surface area contributed by atoms with Gasteiger partial charge in [-0.2, -0.15) is 0 Å². The highest BCUT2D eigenvalue weighted by Gasteiger charge is 2.45. The van der Waals surface area contributed by atoms with Gasteiger partial charge in [0.1, 0.15) is 0 Å². The highest BCUT2D eigenvalue weighted by molar-refractivity contribution is 7.00. The summed E-state index contributed by atoms with van der Waals surface area (Å²) in [6.45, 7) is 19.3. The third-order valence-electron chi connectivity index (χ3n) is 23.4. The van der Waals surface area contributed by atoms with E-state index in [0.29, 0.717) is 0 Å². The Labute approximate surface area is 569 Å². The Morgan fingerprint density at radius 1 is 0.268 bits per heavy atom. The summed E-state index contributed by atoms with van der Waals surface area (Å²) in [6.07, 6.45) is 4.73. The molecular weight excluding hydrogens is 1170 g/mol. The molecule has 2 aliphatic heterocycles. The van der Waals surface area contributed by atoms with E-state index < -0.39 is 0 Å². The number of para-hydroxylation sites is 4. The van der Waals surface area contributed by atoms with Gasteiger partial charge in [0, 0.05) is 67.0 Å². The molecule has 0 spiro atoms. The van der Waals surface area contributed by atoms with Gasteiger partial charge in [0.05, 0.1) is 22.1 Å². The standard InChI is InChI=1S/C92H77BN4/c1-89(2)48-50-91(5,6)76-52-61(36-44-74(76)89)58-32-38-64(39-33-58)94-84-56-66(96-80-28-15-11-23-70(80)71-24-12-16-29-81(71)96)42-46-78(84)93-79-47-43-67(97-82-30-17-13-25-72(82)73-26-14-18-31-83(73)97)57-85(79)95(87-55-63(54-86(94)88(87)93)69-27-19-21-60-20-9-10-22-68(60)69)65-40-34-59(35-41-65)62-37-45-75-77(53-62)92(7,8)51-49-90(75,3)4/h9-47,52-57H,48-51H2,1-8H3. The fourth-order valence-electron chi connectivity index (χ4n) is 18.0. The molecule has 0 unspecified atom stereocenters. The van der Waals surface area contributed by atoms with Crippen LogP contribution in [0.1, 0.15) is 103 Å². The van der Waals surface area contributed by atoms with Gasteiger partial charge in [0.25, 0.3) is 6.71 Å². The number of rotatable bonds is 7.